The Kier molecular flexibility index (Phi) is 4.28. The van der Waals surface area contributed by atoms with Gasteiger partial charge in [0.1, 0.15) is 19.3 Å². The van der Waals surface area contributed by atoms with Crippen LogP contribution in [-0.4, -0.2) is 35.4 Å². The minimum Gasteiger partial charge on any atom is -0.444 e. The number of likely N-dealkylation sites (N-methyl/N-ethyl adjacent to an activating group) is 1. The number of ether oxygens (including phenoxy) is 1. The Hall–Kier alpha value is -2.82. The molecule has 2 amide bonds. The van der Waals surface area contributed by atoms with Crippen LogP contribution in [-0.2, 0) is 16.1 Å². The van der Waals surface area contributed by atoms with Gasteiger partial charge in [-0.2, -0.15) is 0 Å². The number of carbonyl (C=O) groups is 2. The van der Waals surface area contributed by atoms with Crippen LogP contribution in [0.4, 0.5) is 4.79 Å². The third-order valence-electron chi connectivity index (χ3n) is 3.90. The Morgan fingerprint density at radius 3 is 2.35 bits per heavy atom. The highest BCUT2D eigenvalue weighted by molar-refractivity contribution is 5.86. The maximum atomic E-state index is 12.4. The molecule has 0 saturated carbocycles. The van der Waals surface area contributed by atoms with Gasteiger partial charge in [-0.3, -0.25) is 9.69 Å². The normalized spacial score (nSPS) is 17.4. The molecular weight excluding hydrogens is 292 g/mol. The number of hydrogen-bond acceptors (Lipinski definition) is 3. The number of nitrogens with zero attached hydrogens (tertiary/aromatic N) is 2. The molecule has 1 aliphatic rings. The van der Waals surface area contributed by atoms with E-state index in [9.17, 15) is 9.59 Å². The molecule has 1 saturated heterocycles. The third kappa shape index (κ3) is 3.18. The van der Waals surface area contributed by atoms with E-state index in [1.807, 2.05) is 60.7 Å². The molecule has 2 aromatic carbocycles. The van der Waals surface area contributed by atoms with Gasteiger partial charge in [-0.15, -0.1) is 0 Å². The molecule has 1 fully saturated rings. The van der Waals surface area contributed by atoms with Crippen LogP contribution >= 0.6 is 0 Å². The summed E-state index contributed by atoms with van der Waals surface area (Å²) >= 11 is 0. The summed E-state index contributed by atoms with van der Waals surface area (Å²) in [6, 6.07) is 19.0. The van der Waals surface area contributed by atoms with Crippen molar-refractivity contribution < 1.29 is 14.3 Å². The minimum atomic E-state index is -0.486. The molecule has 1 unspecified atom stereocenters. The first kappa shape index (κ1) is 15.1. The van der Waals surface area contributed by atoms with Gasteiger partial charge < -0.3 is 9.64 Å². The van der Waals surface area contributed by atoms with E-state index in [1.165, 1.54) is 4.90 Å². The van der Waals surface area contributed by atoms with Crippen molar-refractivity contribution in [3.63, 3.8) is 0 Å². The zero-order valence-corrected chi connectivity index (χ0v) is 12.9. The summed E-state index contributed by atoms with van der Waals surface area (Å²) in [5, 5.41) is 0. The second-order valence-corrected chi connectivity index (χ2v) is 5.46. The molecule has 5 nitrogen and oxygen atoms in total. The first-order chi connectivity index (χ1) is 11.2. The second-order valence-electron chi connectivity index (χ2n) is 5.46. The Labute approximate surface area is 135 Å². The molecule has 23 heavy (non-hydrogen) atoms. The van der Waals surface area contributed by atoms with Crippen molar-refractivity contribution in [2.75, 3.05) is 13.6 Å². The third-order valence-corrected chi connectivity index (χ3v) is 3.90. The average molecular weight is 310 g/mol. The van der Waals surface area contributed by atoms with E-state index in [4.69, 9.17) is 4.74 Å². The zero-order valence-electron chi connectivity index (χ0n) is 12.9. The first-order valence-corrected chi connectivity index (χ1v) is 7.45. The maximum Gasteiger partial charge on any atom is 0.412 e. The molecule has 1 aliphatic heterocycles. The smallest absolute Gasteiger partial charge is 0.412 e. The summed E-state index contributed by atoms with van der Waals surface area (Å²) < 4.78 is 5.37. The molecule has 0 bridgehead atoms. The Balaban J connectivity index is 1.74. The number of rotatable bonds is 3. The Bertz CT molecular complexity index is 688. The van der Waals surface area contributed by atoms with Crippen LogP contribution in [0.2, 0.25) is 0 Å². The molecule has 3 rings (SSSR count). The van der Waals surface area contributed by atoms with E-state index in [0.29, 0.717) is 0 Å². The lowest BCUT2D eigenvalue weighted by Crippen LogP contribution is -2.34. The van der Waals surface area contributed by atoms with Crippen LogP contribution < -0.4 is 0 Å². The molecule has 0 radical (unpaired) electrons. The average Bonchev–Trinajstić information content (AvgIpc) is 2.90. The van der Waals surface area contributed by atoms with E-state index in [2.05, 4.69) is 0 Å². The highest BCUT2D eigenvalue weighted by atomic mass is 16.6. The van der Waals surface area contributed by atoms with Gasteiger partial charge in [0.25, 0.3) is 0 Å². The second kappa shape index (κ2) is 6.52. The summed E-state index contributed by atoms with van der Waals surface area (Å²) in [7, 11) is 1.70. The predicted octanol–water partition coefficient (Wildman–Crippen LogP) is 2.80. The Morgan fingerprint density at radius 2 is 1.70 bits per heavy atom. The topological polar surface area (TPSA) is 49.9 Å². The van der Waals surface area contributed by atoms with E-state index < -0.39 is 12.3 Å². The molecule has 1 heterocycles. The van der Waals surface area contributed by atoms with E-state index in [1.54, 1.807) is 11.9 Å². The molecule has 2 aromatic rings. The summed E-state index contributed by atoms with van der Waals surface area (Å²) in [5.41, 5.74) is 1.80. The molecule has 118 valence electrons. The van der Waals surface area contributed by atoms with E-state index in [-0.39, 0.29) is 19.1 Å². The monoisotopic (exact) mass is 310 g/mol. The summed E-state index contributed by atoms with van der Waals surface area (Å²) in [6.45, 7) is 0.221. The summed E-state index contributed by atoms with van der Waals surface area (Å²) in [4.78, 5) is 27.5. The van der Waals surface area contributed by atoms with Gasteiger partial charge in [0, 0.05) is 7.05 Å². The number of hydrogen-bond donors (Lipinski definition) is 0. The van der Waals surface area contributed by atoms with Gasteiger partial charge in [0.15, 0.2) is 0 Å². The van der Waals surface area contributed by atoms with Crippen molar-refractivity contribution in [3.8, 4) is 0 Å². The fourth-order valence-corrected chi connectivity index (χ4v) is 2.68. The molecule has 5 heteroatoms. The fraction of sp³-hybridized carbons (Fsp3) is 0.222. The van der Waals surface area contributed by atoms with Gasteiger partial charge in [-0.05, 0) is 11.1 Å². The molecular formula is C18H18N2O3. The van der Waals surface area contributed by atoms with Gasteiger partial charge in [-0.25, -0.2) is 4.79 Å². The maximum absolute atomic E-state index is 12.4. The van der Waals surface area contributed by atoms with Gasteiger partial charge >= 0.3 is 6.09 Å². The van der Waals surface area contributed by atoms with Gasteiger partial charge in [-0.1, -0.05) is 60.7 Å². The lowest BCUT2D eigenvalue weighted by Gasteiger charge is -2.27. The van der Waals surface area contributed by atoms with Gasteiger partial charge in [0.2, 0.25) is 5.91 Å². The van der Waals surface area contributed by atoms with Crippen molar-refractivity contribution >= 4 is 12.0 Å². The van der Waals surface area contributed by atoms with Crippen LogP contribution in [0.5, 0.6) is 0 Å². The number of amides is 2. The van der Waals surface area contributed by atoms with Crippen LogP contribution in [0, 0.1) is 0 Å². The first-order valence-electron chi connectivity index (χ1n) is 7.45. The molecule has 0 spiro atoms. The standard InChI is InChI=1S/C18H18N2O3/c1-19-16(21)12-20(17(19)15-10-6-3-7-11-15)18(22)23-13-14-8-4-2-5-9-14/h2-11,17H,12-13H2,1H3. The number of benzene rings is 2. The zero-order chi connectivity index (χ0) is 16.2. The highest BCUT2D eigenvalue weighted by Gasteiger charge is 2.40. The SMILES string of the molecule is CN1C(=O)CN(C(=O)OCc2ccccc2)C1c1ccccc1. The minimum absolute atomic E-state index is 0.0314. The van der Waals surface area contributed by atoms with Crippen LogP contribution in [0.15, 0.2) is 60.7 Å². The van der Waals surface area contributed by atoms with Crippen molar-refractivity contribution in [3.05, 3.63) is 71.8 Å². The van der Waals surface area contributed by atoms with Crippen LogP contribution in [0.1, 0.15) is 17.3 Å². The molecule has 1 atom stereocenters. The molecule has 0 aromatic heterocycles. The van der Waals surface area contributed by atoms with Crippen LogP contribution in [0.25, 0.3) is 0 Å². The van der Waals surface area contributed by atoms with Crippen LogP contribution in [0.3, 0.4) is 0 Å². The lowest BCUT2D eigenvalue weighted by molar-refractivity contribution is -0.126. The fourth-order valence-electron chi connectivity index (χ4n) is 2.68. The van der Waals surface area contributed by atoms with Crippen molar-refractivity contribution in [1.29, 1.82) is 0 Å². The summed E-state index contributed by atoms with van der Waals surface area (Å²) in [6.07, 6.45) is -0.910. The summed E-state index contributed by atoms with van der Waals surface area (Å²) in [5.74, 6) is -0.101. The highest BCUT2D eigenvalue weighted by Crippen LogP contribution is 2.29. The quantitative estimate of drug-likeness (QED) is 0.876. The van der Waals surface area contributed by atoms with Crippen molar-refractivity contribution in [2.45, 2.75) is 12.8 Å². The van der Waals surface area contributed by atoms with Gasteiger partial charge in [0.05, 0.1) is 0 Å². The number of carbonyl (C=O) groups excluding carboxylic acids is 2. The molecule has 0 N–H and O–H groups in total. The van der Waals surface area contributed by atoms with Crippen molar-refractivity contribution in [1.82, 2.24) is 9.80 Å². The largest absolute Gasteiger partial charge is 0.444 e. The Morgan fingerprint density at radius 1 is 1.09 bits per heavy atom. The lowest BCUT2D eigenvalue weighted by atomic mass is 10.1. The predicted molar refractivity (Wildman–Crippen MR) is 85.3 cm³/mol. The van der Waals surface area contributed by atoms with E-state index in [0.717, 1.165) is 11.1 Å². The molecule has 0 aliphatic carbocycles. The van der Waals surface area contributed by atoms with Crippen molar-refractivity contribution in [2.24, 2.45) is 0 Å². The van der Waals surface area contributed by atoms with E-state index >= 15 is 0 Å².